The Hall–Kier alpha value is -0.870. The summed E-state index contributed by atoms with van der Waals surface area (Å²) in [6.45, 7) is 4.02. The molecular formula is C14H17BrN2O. The van der Waals surface area contributed by atoms with E-state index in [1.54, 1.807) is 0 Å². The van der Waals surface area contributed by atoms with Crippen LogP contribution < -0.4 is 5.32 Å². The Kier molecular flexibility index (Phi) is 3.39. The highest BCUT2D eigenvalue weighted by Crippen LogP contribution is 2.26. The van der Waals surface area contributed by atoms with Gasteiger partial charge in [0.15, 0.2) is 0 Å². The average Bonchev–Trinajstić information content (AvgIpc) is 2.88. The lowest BCUT2D eigenvalue weighted by atomic mass is 10.0. The van der Waals surface area contributed by atoms with Crippen molar-refractivity contribution in [1.82, 2.24) is 10.2 Å². The first-order valence-electron chi connectivity index (χ1n) is 6.45. The van der Waals surface area contributed by atoms with Gasteiger partial charge in [-0.25, -0.2) is 0 Å². The minimum atomic E-state index is 0.266. The SMILES string of the molecule is O=C(Cc1cccc(Br)c1)N1CC2CNCC2C1. The quantitative estimate of drug-likeness (QED) is 0.901. The Morgan fingerprint density at radius 3 is 2.72 bits per heavy atom. The number of likely N-dealkylation sites (tertiary alicyclic amines) is 1. The average molecular weight is 309 g/mol. The molecule has 96 valence electrons. The molecule has 2 atom stereocenters. The van der Waals surface area contributed by atoms with Crippen molar-refractivity contribution in [2.24, 2.45) is 11.8 Å². The monoisotopic (exact) mass is 308 g/mol. The molecule has 1 N–H and O–H groups in total. The molecule has 1 amide bonds. The van der Waals surface area contributed by atoms with E-state index in [1.165, 1.54) is 0 Å². The molecule has 0 bridgehead atoms. The lowest BCUT2D eigenvalue weighted by Gasteiger charge is -2.17. The maximum atomic E-state index is 12.2. The molecule has 2 saturated heterocycles. The van der Waals surface area contributed by atoms with Crippen molar-refractivity contribution in [2.45, 2.75) is 6.42 Å². The van der Waals surface area contributed by atoms with E-state index in [9.17, 15) is 4.79 Å². The van der Waals surface area contributed by atoms with Crippen molar-refractivity contribution in [3.05, 3.63) is 34.3 Å². The van der Waals surface area contributed by atoms with Crippen LogP contribution in [-0.4, -0.2) is 37.0 Å². The van der Waals surface area contributed by atoms with E-state index in [0.717, 1.165) is 36.2 Å². The number of hydrogen-bond donors (Lipinski definition) is 1. The first kappa shape index (κ1) is 12.2. The zero-order chi connectivity index (χ0) is 12.5. The summed E-state index contributed by atoms with van der Waals surface area (Å²) in [6.07, 6.45) is 0.520. The minimum Gasteiger partial charge on any atom is -0.342 e. The zero-order valence-electron chi connectivity index (χ0n) is 10.2. The fraction of sp³-hybridized carbons (Fsp3) is 0.500. The van der Waals surface area contributed by atoms with Crippen LogP contribution in [0.3, 0.4) is 0 Å². The molecule has 0 radical (unpaired) electrons. The van der Waals surface area contributed by atoms with Gasteiger partial charge in [-0.05, 0) is 29.5 Å². The van der Waals surface area contributed by atoms with E-state index < -0.39 is 0 Å². The largest absolute Gasteiger partial charge is 0.342 e. The Morgan fingerprint density at radius 1 is 1.33 bits per heavy atom. The molecule has 2 aliphatic rings. The van der Waals surface area contributed by atoms with Gasteiger partial charge in [0.2, 0.25) is 5.91 Å². The third-order valence-corrected chi connectivity index (χ3v) is 4.48. The van der Waals surface area contributed by atoms with Crippen LogP contribution in [0.1, 0.15) is 5.56 Å². The van der Waals surface area contributed by atoms with Crippen LogP contribution in [-0.2, 0) is 11.2 Å². The number of benzene rings is 1. The summed E-state index contributed by atoms with van der Waals surface area (Å²) in [4.78, 5) is 14.3. The normalized spacial score (nSPS) is 26.4. The van der Waals surface area contributed by atoms with Gasteiger partial charge in [-0.3, -0.25) is 4.79 Å². The molecule has 3 nitrogen and oxygen atoms in total. The first-order valence-corrected chi connectivity index (χ1v) is 7.24. The predicted molar refractivity (Wildman–Crippen MR) is 74.3 cm³/mol. The van der Waals surface area contributed by atoms with Crippen LogP contribution >= 0.6 is 15.9 Å². The van der Waals surface area contributed by atoms with Gasteiger partial charge in [0, 0.05) is 30.7 Å². The molecule has 0 aliphatic carbocycles. The highest BCUT2D eigenvalue weighted by Gasteiger charge is 2.37. The predicted octanol–water partition coefficient (Wildman–Crippen LogP) is 1.67. The summed E-state index contributed by atoms with van der Waals surface area (Å²) in [6, 6.07) is 8.01. The molecule has 1 aromatic rings. The van der Waals surface area contributed by atoms with Gasteiger partial charge >= 0.3 is 0 Å². The van der Waals surface area contributed by atoms with Gasteiger partial charge in [-0.2, -0.15) is 0 Å². The number of nitrogens with one attached hydrogen (secondary N) is 1. The summed E-state index contributed by atoms with van der Waals surface area (Å²) in [5, 5.41) is 3.40. The molecular weight excluding hydrogens is 292 g/mol. The fourth-order valence-electron chi connectivity index (χ4n) is 2.99. The van der Waals surface area contributed by atoms with E-state index in [1.807, 2.05) is 29.2 Å². The molecule has 3 rings (SSSR count). The lowest BCUT2D eigenvalue weighted by Crippen LogP contribution is -2.32. The van der Waals surface area contributed by atoms with Crippen LogP contribution in [0.15, 0.2) is 28.7 Å². The number of halogens is 1. The summed E-state index contributed by atoms with van der Waals surface area (Å²) in [7, 11) is 0. The van der Waals surface area contributed by atoms with Crippen LogP contribution in [0.2, 0.25) is 0 Å². The van der Waals surface area contributed by atoms with Crippen molar-refractivity contribution in [3.63, 3.8) is 0 Å². The number of amides is 1. The summed E-state index contributed by atoms with van der Waals surface area (Å²) in [5.74, 6) is 1.62. The third kappa shape index (κ3) is 2.45. The number of rotatable bonds is 2. The number of fused-ring (bicyclic) bond motifs is 1. The maximum absolute atomic E-state index is 12.2. The second-order valence-corrected chi connectivity index (χ2v) is 6.20. The van der Waals surface area contributed by atoms with E-state index in [-0.39, 0.29) is 5.91 Å². The van der Waals surface area contributed by atoms with E-state index in [4.69, 9.17) is 0 Å². The first-order chi connectivity index (χ1) is 8.72. The topological polar surface area (TPSA) is 32.3 Å². The van der Waals surface area contributed by atoms with E-state index >= 15 is 0 Å². The second kappa shape index (κ2) is 5.02. The molecule has 2 unspecified atom stereocenters. The molecule has 2 aliphatic heterocycles. The molecule has 0 spiro atoms. The number of nitrogens with zero attached hydrogens (tertiary/aromatic N) is 1. The Bertz CT molecular complexity index is 451. The van der Waals surface area contributed by atoms with Crippen molar-refractivity contribution in [1.29, 1.82) is 0 Å². The summed E-state index contributed by atoms with van der Waals surface area (Å²) in [5.41, 5.74) is 1.09. The van der Waals surface area contributed by atoms with Crippen molar-refractivity contribution < 1.29 is 4.79 Å². The number of carbonyl (C=O) groups is 1. The van der Waals surface area contributed by atoms with Gasteiger partial charge < -0.3 is 10.2 Å². The summed E-state index contributed by atoms with van der Waals surface area (Å²) < 4.78 is 1.04. The van der Waals surface area contributed by atoms with Crippen molar-refractivity contribution in [3.8, 4) is 0 Å². The molecule has 2 heterocycles. The molecule has 0 aromatic heterocycles. The Morgan fingerprint density at radius 2 is 2.06 bits per heavy atom. The maximum Gasteiger partial charge on any atom is 0.227 e. The second-order valence-electron chi connectivity index (χ2n) is 5.28. The number of carbonyl (C=O) groups excluding carboxylic acids is 1. The molecule has 0 saturated carbocycles. The summed E-state index contributed by atoms with van der Waals surface area (Å²) >= 11 is 3.44. The minimum absolute atomic E-state index is 0.266. The van der Waals surface area contributed by atoms with Gasteiger partial charge in [-0.15, -0.1) is 0 Å². The number of hydrogen-bond acceptors (Lipinski definition) is 2. The Labute approximate surface area is 116 Å². The van der Waals surface area contributed by atoms with Gasteiger partial charge in [0.05, 0.1) is 6.42 Å². The highest BCUT2D eigenvalue weighted by molar-refractivity contribution is 9.10. The van der Waals surface area contributed by atoms with Gasteiger partial charge in [0.25, 0.3) is 0 Å². The molecule has 18 heavy (non-hydrogen) atoms. The molecule has 4 heteroatoms. The van der Waals surface area contributed by atoms with Crippen molar-refractivity contribution >= 4 is 21.8 Å². The lowest BCUT2D eigenvalue weighted by molar-refractivity contribution is -0.129. The highest BCUT2D eigenvalue weighted by atomic mass is 79.9. The fourth-order valence-corrected chi connectivity index (χ4v) is 3.44. The van der Waals surface area contributed by atoms with Gasteiger partial charge in [-0.1, -0.05) is 28.1 Å². The van der Waals surface area contributed by atoms with Crippen LogP contribution in [0, 0.1) is 11.8 Å². The van der Waals surface area contributed by atoms with E-state index in [2.05, 4.69) is 21.2 Å². The Balaban J connectivity index is 1.62. The van der Waals surface area contributed by atoms with Crippen LogP contribution in [0.4, 0.5) is 0 Å². The molecule has 1 aromatic carbocycles. The molecule has 2 fully saturated rings. The zero-order valence-corrected chi connectivity index (χ0v) is 11.8. The van der Waals surface area contributed by atoms with Crippen LogP contribution in [0.5, 0.6) is 0 Å². The smallest absolute Gasteiger partial charge is 0.227 e. The standard InChI is InChI=1S/C14H17BrN2O/c15-13-3-1-2-10(4-13)5-14(18)17-8-11-6-16-7-12(11)9-17/h1-4,11-12,16H,5-9H2. The van der Waals surface area contributed by atoms with E-state index in [0.29, 0.717) is 18.3 Å². The van der Waals surface area contributed by atoms with Gasteiger partial charge in [0.1, 0.15) is 0 Å². The van der Waals surface area contributed by atoms with Crippen LogP contribution in [0.25, 0.3) is 0 Å². The van der Waals surface area contributed by atoms with Crippen molar-refractivity contribution in [2.75, 3.05) is 26.2 Å². The third-order valence-electron chi connectivity index (χ3n) is 3.99.